The van der Waals surface area contributed by atoms with Gasteiger partial charge in [-0.2, -0.15) is 9.29 Å². The number of nitrogens with zero attached hydrogens (tertiary/aromatic N) is 3. The number of halogens is 2. The largest absolute Gasteiger partial charge is 0.352 e. The van der Waals surface area contributed by atoms with E-state index in [0.717, 1.165) is 5.56 Å². The Hall–Kier alpha value is -2.46. The average molecular weight is 509 g/mol. The predicted molar refractivity (Wildman–Crippen MR) is 124 cm³/mol. The van der Waals surface area contributed by atoms with Crippen molar-refractivity contribution in [3.05, 3.63) is 64.0 Å². The maximum absolute atomic E-state index is 13.4. The van der Waals surface area contributed by atoms with E-state index in [4.69, 9.17) is 27.7 Å². The van der Waals surface area contributed by atoms with Crippen molar-refractivity contribution in [3.63, 3.8) is 0 Å². The number of benzene rings is 2. The van der Waals surface area contributed by atoms with Crippen LogP contribution in [0.15, 0.2) is 51.9 Å². The summed E-state index contributed by atoms with van der Waals surface area (Å²) in [5.74, 6) is 0.00108. The van der Waals surface area contributed by atoms with E-state index in [1.54, 1.807) is 25.1 Å². The summed E-state index contributed by atoms with van der Waals surface area (Å²) in [6.45, 7) is 2.38. The van der Waals surface area contributed by atoms with E-state index in [0.29, 0.717) is 42.4 Å². The highest BCUT2D eigenvalue weighted by Crippen LogP contribution is 2.31. The summed E-state index contributed by atoms with van der Waals surface area (Å²) in [5, 5.41) is 7.44. The molecule has 1 aliphatic heterocycles. The van der Waals surface area contributed by atoms with Crippen molar-refractivity contribution in [3.8, 4) is 11.4 Å². The fourth-order valence-electron chi connectivity index (χ4n) is 3.71. The molecule has 1 aromatic heterocycles. The van der Waals surface area contributed by atoms with Crippen molar-refractivity contribution < 1.29 is 17.7 Å². The number of hydrogen-bond acceptors (Lipinski definition) is 6. The molecular formula is C22H22Cl2N4O4S. The van der Waals surface area contributed by atoms with Gasteiger partial charge in [0, 0.05) is 37.1 Å². The van der Waals surface area contributed by atoms with E-state index >= 15 is 0 Å². The van der Waals surface area contributed by atoms with E-state index in [2.05, 4.69) is 15.5 Å². The van der Waals surface area contributed by atoms with Crippen molar-refractivity contribution in [1.82, 2.24) is 19.8 Å². The maximum Gasteiger partial charge on any atom is 0.244 e. The highest BCUT2D eigenvalue weighted by Gasteiger charge is 2.34. The molecule has 0 radical (unpaired) electrons. The molecule has 1 amide bonds. The molecule has 1 aliphatic rings. The van der Waals surface area contributed by atoms with Crippen molar-refractivity contribution in [2.75, 3.05) is 13.1 Å². The second kappa shape index (κ2) is 9.80. The highest BCUT2D eigenvalue weighted by molar-refractivity contribution is 7.89. The SMILES string of the molecule is Cc1nc(-c2ccc(Cl)c(S(=O)(=O)N3CCC[C@H](C(=O)NCc4ccc(Cl)cc4)C3)c2)no1. The normalized spacial score (nSPS) is 17.1. The second-order valence-corrected chi connectivity index (χ2v) is 10.6. The molecule has 1 atom stereocenters. The van der Waals surface area contributed by atoms with Gasteiger partial charge >= 0.3 is 0 Å². The van der Waals surface area contributed by atoms with Crippen LogP contribution in [0, 0.1) is 12.8 Å². The first kappa shape index (κ1) is 23.7. The van der Waals surface area contributed by atoms with E-state index in [-0.39, 0.29) is 28.2 Å². The summed E-state index contributed by atoms with van der Waals surface area (Å²) < 4.78 is 33.1. The van der Waals surface area contributed by atoms with Crippen molar-refractivity contribution in [2.45, 2.75) is 31.2 Å². The van der Waals surface area contributed by atoms with Gasteiger partial charge < -0.3 is 9.84 Å². The van der Waals surface area contributed by atoms with E-state index in [1.165, 1.54) is 16.4 Å². The zero-order valence-corrected chi connectivity index (χ0v) is 20.1. The lowest BCUT2D eigenvalue weighted by Crippen LogP contribution is -2.45. The number of carbonyl (C=O) groups is 1. The first-order valence-corrected chi connectivity index (χ1v) is 12.6. The van der Waals surface area contributed by atoms with E-state index < -0.39 is 15.9 Å². The molecule has 1 N–H and O–H groups in total. The highest BCUT2D eigenvalue weighted by atomic mass is 35.5. The third kappa shape index (κ3) is 5.38. The van der Waals surface area contributed by atoms with Gasteiger partial charge in [-0.05, 0) is 48.7 Å². The second-order valence-electron chi connectivity index (χ2n) is 7.83. The average Bonchev–Trinajstić information content (AvgIpc) is 3.25. The number of carbonyl (C=O) groups excluding carboxylic acids is 1. The molecule has 0 aliphatic carbocycles. The Kier molecular flexibility index (Phi) is 7.04. The summed E-state index contributed by atoms with van der Waals surface area (Å²) in [6.07, 6.45) is 1.17. The molecule has 8 nitrogen and oxygen atoms in total. The lowest BCUT2D eigenvalue weighted by Gasteiger charge is -2.31. The van der Waals surface area contributed by atoms with Crippen LogP contribution in [0.4, 0.5) is 0 Å². The quantitative estimate of drug-likeness (QED) is 0.537. The molecule has 3 aromatic rings. The van der Waals surface area contributed by atoms with Gasteiger partial charge in [0.25, 0.3) is 0 Å². The van der Waals surface area contributed by atoms with Crippen LogP contribution in [0.3, 0.4) is 0 Å². The van der Waals surface area contributed by atoms with Gasteiger partial charge in [0.05, 0.1) is 10.9 Å². The van der Waals surface area contributed by atoms with Crippen LogP contribution in [0.1, 0.15) is 24.3 Å². The molecule has 4 rings (SSSR count). The third-order valence-corrected chi connectivity index (χ3v) is 8.07. The zero-order valence-electron chi connectivity index (χ0n) is 17.8. The van der Waals surface area contributed by atoms with Crippen LogP contribution in [-0.2, 0) is 21.4 Å². The summed E-state index contributed by atoms with van der Waals surface area (Å²) in [6, 6.07) is 11.7. The molecule has 33 heavy (non-hydrogen) atoms. The molecule has 0 bridgehead atoms. The molecule has 0 saturated carbocycles. The molecule has 0 unspecified atom stereocenters. The van der Waals surface area contributed by atoms with Crippen LogP contribution in [0.25, 0.3) is 11.4 Å². The fourth-order valence-corrected chi connectivity index (χ4v) is 5.86. The summed E-state index contributed by atoms with van der Waals surface area (Å²) in [5.41, 5.74) is 1.39. The van der Waals surface area contributed by atoms with Crippen LogP contribution < -0.4 is 5.32 Å². The van der Waals surface area contributed by atoms with Crippen LogP contribution in [0.2, 0.25) is 10.0 Å². The van der Waals surface area contributed by atoms with Gasteiger partial charge in [-0.3, -0.25) is 4.79 Å². The standard InChI is InChI=1S/C22H22Cl2N4O4S/c1-14-26-21(27-32-14)16-6-9-19(24)20(11-16)33(30,31)28-10-2-3-17(13-28)22(29)25-12-15-4-7-18(23)8-5-15/h4-9,11,17H,2-3,10,12-13H2,1H3,(H,25,29)/t17-/m0/s1. The zero-order chi connectivity index (χ0) is 23.6. The van der Waals surface area contributed by atoms with Crippen molar-refractivity contribution in [2.24, 2.45) is 5.92 Å². The van der Waals surface area contributed by atoms with Gasteiger partial charge in [0.15, 0.2) is 0 Å². The van der Waals surface area contributed by atoms with Crippen LogP contribution >= 0.6 is 23.2 Å². The summed E-state index contributed by atoms with van der Waals surface area (Å²) >= 11 is 12.2. The minimum atomic E-state index is -3.93. The molecular weight excluding hydrogens is 487 g/mol. The number of amides is 1. The van der Waals surface area contributed by atoms with E-state index in [1.807, 2.05) is 12.1 Å². The lowest BCUT2D eigenvalue weighted by molar-refractivity contribution is -0.126. The number of hydrogen-bond donors (Lipinski definition) is 1. The molecule has 1 saturated heterocycles. The molecule has 174 valence electrons. The Balaban J connectivity index is 1.49. The minimum absolute atomic E-state index is 0.0497. The topological polar surface area (TPSA) is 105 Å². The summed E-state index contributed by atoms with van der Waals surface area (Å²) in [4.78, 5) is 16.8. The molecule has 2 heterocycles. The Morgan fingerprint density at radius 1 is 1.21 bits per heavy atom. The first-order chi connectivity index (χ1) is 15.7. The fraction of sp³-hybridized carbons (Fsp3) is 0.318. The van der Waals surface area contributed by atoms with Gasteiger partial charge in [-0.15, -0.1) is 0 Å². The molecule has 2 aromatic carbocycles. The third-order valence-electron chi connectivity index (χ3n) is 5.47. The molecule has 1 fully saturated rings. The predicted octanol–water partition coefficient (Wildman–Crippen LogP) is 4.07. The van der Waals surface area contributed by atoms with Gasteiger partial charge in [-0.1, -0.05) is 40.5 Å². The van der Waals surface area contributed by atoms with Gasteiger partial charge in [0.1, 0.15) is 4.90 Å². The van der Waals surface area contributed by atoms with Gasteiger partial charge in [-0.25, -0.2) is 8.42 Å². The number of sulfonamides is 1. The van der Waals surface area contributed by atoms with E-state index in [9.17, 15) is 13.2 Å². The molecule has 11 heteroatoms. The maximum atomic E-state index is 13.4. The van der Waals surface area contributed by atoms with Crippen LogP contribution in [0.5, 0.6) is 0 Å². The Bertz CT molecular complexity index is 1260. The molecule has 0 spiro atoms. The monoisotopic (exact) mass is 508 g/mol. The number of rotatable bonds is 6. The minimum Gasteiger partial charge on any atom is -0.352 e. The number of aromatic nitrogens is 2. The summed E-state index contributed by atoms with van der Waals surface area (Å²) in [7, 11) is -3.93. The van der Waals surface area contributed by atoms with Crippen LogP contribution in [-0.4, -0.2) is 41.9 Å². The van der Waals surface area contributed by atoms with Crippen molar-refractivity contribution in [1.29, 1.82) is 0 Å². The Morgan fingerprint density at radius 3 is 2.67 bits per heavy atom. The lowest BCUT2D eigenvalue weighted by atomic mass is 9.99. The smallest absolute Gasteiger partial charge is 0.244 e. The Labute approximate surface area is 201 Å². The van der Waals surface area contributed by atoms with Gasteiger partial charge in [0.2, 0.25) is 27.6 Å². The number of piperidine rings is 1. The van der Waals surface area contributed by atoms with Crippen molar-refractivity contribution >= 4 is 39.1 Å². The Morgan fingerprint density at radius 2 is 1.97 bits per heavy atom. The first-order valence-electron chi connectivity index (χ1n) is 10.4. The number of aryl methyl sites for hydroxylation is 1. The number of nitrogens with one attached hydrogen (secondary N) is 1.